The first-order valence-corrected chi connectivity index (χ1v) is 7.78. The maximum Gasteiger partial charge on any atom is 0.131 e. The summed E-state index contributed by atoms with van der Waals surface area (Å²) < 4.78 is 14.5. The molecule has 2 aromatic carbocycles. The topological polar surface area (TPSA) is 26.0 Å². The van der Waals surface area contributed by atoms with Gasteiger partial charge in [0, 0.05) is 12.1 Å². The molecule has 0 aliphatic rings. The molecule has 1 nitrogen and oxygen atoms in total. The van der Waals surface area contributed by atoms with E-state index in [1.807, 2.05) is 12.1 Å². The van der Waals surface area contributed by atoms with Crippen LogP contribution in [0.15, 0.2) is 30.3 Å². The van der Waals surface area contributed by atoms with Crippen molar-refractivity contribution < 1.29 is 4.39 Å². The molecule has 0 saturated carbocycles. The predicted octanol–water partition coefficient (Wildman–Crippen LogP) is 4.64. The number of halogens is 1. The molecule has 0 atom stereocenters. The Morgan fingerprint density at radius 3 is 1.90 bits per heavy atom. The van der Waals surface area contributed by atoms with Gasteiger partial charge in [-0.25, -0.2) is 4.39 Å². The van der Waals surface area contributed by atoms with Crippen LogP contribution >= 0.6 is 0 Å². The summed E-state index contributed by atoms with van der Waals surface area (Å²) in [6, 6.07) is 9.78. The minimum absolute atomic E-state index is 0.174. The van der Waals surface area contributed by atoms with E-state index in [1.165, 1.54) is 16.7 Å². The van der Waals surface area contributed by atoms with Crippen molar-refractivity contribution in [1.82, 2.24) is 0 Å². The van der Waals surface area contributed by atoms with Crippen molar-refractivity contribution in [3.05, 3.63) is 58.4 Å². The molecule has 21 heavy (non-hydrogen) atoms. The van der Waals surface area contributed by atoms with Crippen molar-refractivity contribution in [1.29, 1.82) is 0 Å². The average molecular weight is 285 g/mol. The molecule has 0 unspecified atom stereocenters. The number of benzene rings is 2. The monoisotopic (exact) mass is 285 g/mol. The Labute approximate surface area is 127 Å². The van der Waals surface area contributed by atoms with Gasteiger partial charge < -0.3 is 5.73 Å². The first kappa shape index (κ1) is 15.7. The molecule has 0 fully saturated rings. The lowest BCUT2D eigenvalue weighted by Crippen LogP contribution is -2.01. The largest absolute Gasteiger partial charge is 0.326 e. The van der Waals surface area contributed by atoms with Crippen molar-refractivity contribution in [2.45, 2.75) is 46.6 Å². The summed E-state index contributed by atoms with van der Waals surface area (Å²) in [6.07, 6.45) is 2.83. The van der Waals surface area contributed by atoms with E-state index < -0.39 is 0 Å². The van der Waals surface area contributed by atoms with Crippen molar-refractivity contribution in [3.8, 4) is 11.1 Å². The molecule has 2 rings (SSSR count). The van der Waals surface area contributed by atoms with Crippen LogP contribution in [0.25, 0.3) is 11.1 Å². The van der Waals surface area contributed by atoms with Crippen molar-refractivity contribution >= 4 is 0 Å². The highest BCUT2D eigenvalue weighted by atomic mass is 19.1. The Morgan fingerprint density at radius 2 is 1.48 bits per heavy atom. The van der Waals surface area contributed by atoms with E-state index >= 15 is 0 Å². The van der Waals surface area contributed by atoms with E-state index in [9.17, 15) is 4.39 Å². The van der Waals surface area contributed by atoms with E-state index in [4.69, 9.17) is 5.73 Å². The zero-order chi connectivity index (χ0) is 15.4. The molecule has 0 amide bonds. The van der Waals surface area contributed by atoms with Gasteiger partial charge in [-0.15, -0.1) is 0 Å². The Kier molecular flexibility index (Phi) is 5.13. The number of hydrogen-bond donors (Lipinski definition) is 1. The molecule has 2 heteroatoms. The smallest absolute Gasteiger partial charge is 0.131 e. The standard InChI is InChI=1S/C19H24FN/c1-4-13-9-15(5-2)19(16(6-3)10-13)17-8-7-14(12-21)11-18(17)20/h7-11H,4-6,12,21H2,1-3H3. The highest BCUT2D eigenvalue weighted by Crippen LogP contribution is 2.32. The second kappa shape index (κ2) is 6.86. The predicted molar refractivity (Wildman–Crippen MR) is 87.9 cm³/mol. The summed E-state index contributed by atoms with van der Waals surface area (Å²) in [6.45, 7) is 6.78. The third-order valence-electron chi connectivity index (χ3n) is 4.07. The normalized spacial score (nSPS) is 10.9. The van der Waals surface area contributed by atoms with Gasteiger partial charge in [-0.05, 0) is 53.1 Å². The lowest BCUT2D eigenvalue weighted by atomic mass is 9.88. The van der Waals surface area contributed by atoms with E-state index in [2.05, 4.69) is 32.9 Å². The van der Waals surface area contributed by atoms with E-state index in [-0.39, 0.29) is 5.82 Å². The highest BCUT2D eigenvalue weighted by Gasteiger charge is 2.14. The van der Waals surface area contributed by atoms with Gasteiger partial charge in [0.25, 0.3) is 0 Å². The summed E-state index contributed by atoms with van der Waals surface area (Å²) in [7, 11) is 0. The van der Waals surface area contributed by atoms with Gasteiger partial charge in [-0.2, -0.15) is 0 Å². The van der Waals surface area contributed by atoms with Crippen LogP contribution in [-0.2, 0) is 25.8 Å². The summed E-state index contributed by atoms with van der Waals surface area (Å²) >= 11 is 0. The van der Waals surface area contributed by atoms with E-state index in [1.54, 1.807) is 6.07 Å². The van der Waals surface area contributed by atoms with Gasteiger partial charge in [0.1, 0.15) is 5.82 Å². The first-order valence-electron chi connectivity index (χ1n) is 7.78. The molecular formula is C19H24FN. The van der Waals surface area contributed by atoms with E-state index in [0.717, 1.165) is 30.4 Å². The van der Waals surface area contributed by atoms with Crippen LogP contribution in [0.5, 0.6) is 0 Å². The molecule has 0 spiro atoms. The Morgan fingerprint density at radius 1 is 0.857 bits per heavy atom. The van der Waals surface area contributed by atoms with Crippen molar-refractivity contribution in [2.24, 2.45) is 5.73 Å². The molecular weight excluding hydrogens is 261 g/mol. The molecule has 112 valence electrons. The molecule has 2 N–H and O–H groups in total. The van der Waals surface area contributed by atoms with Gasteiger partial charge in [0.05, 0.1) is 0 Å². The number of rotatable bonds is 5. The maximum atomic E-state index is 14.5. The fourth-order valence-electron chi connectivity index (χ4n) is 2.84. The third kappa shape index (κ3) is 3.16. The van der Waals surface area contributed by atoms with Crippen LogP contribution in [0.4, 0.5) is 4.39 Å². The van der Waals surface area contributed by atoms with Crippen LogP contribution in [0.2, 0.25) is 0 Å². The quantitative estimate of drug-likeness (QED) is 0.851. The van der Waals surface area contributed by atoms with E-state index in [0.29, 0.717) is 12.1 Å². The SMILES string of the molecule is CCc1cc(CC)c(-c2ccc(CN)cc2F)c(CC)c1. The molecule has 0 aliphatic heterocycles. The third-order valence-corrected chi connectivity index (χ3v) is 4.07. The summed E-state index contributed by atoms with van der Waals surface area (Å²) in [5, 5.41) is 0. The van der Waals surface area contributed by atoms with Gasteiger partial charge in [0.2, 0.25) is 0 Å². The van der Waals surface area contributed by atoms with Crippen molar-refractivity contribution in [3.63, 3.8) is 0 Å². The van der Waals surface area contributed by atoms with Gasteiger partial charge in [0.15, 0.2) is 0 Å². The number of hydrogen-bond acceptors (Lipinski definition) is 1. The molecule has 0 aliphatic carbocycles. The van der Waals surface area contributed by atoms with Crippen LogP contribution in [0, 0.1) is 5.82 Å². The minimum atomic E-state index is -0.174. The van der Waals surface area contributed by atoms with Gasteiger partial charge in [-0.3, -0.25) is 0 Å². The second-order valence-electron chi connectivity index (χ2n) is 5.37. The minimum Gasteiger partial charge on any atom is -0.326 e. The van der Waals surface area contributed by atoms with Crippen LogP contribution in [0.3, 0.4) is 0 Å². The maximum absolute atomic E-state index is 14.5. The number of nitrogens with two attached hydrogens (primary N) is 1. The molecule has 0 bridgehead atoms. The lowest BCUT2D eigenvalue weighted by molar-refractivity contribution is 0.628. The Hall–Kier alpha value is -1.67. The van der Waals surface area contributed by atoms with Crippen molar-refractivity contribution in [2.75, 3.05) is 0 Å². The fourth-order valence-corrected chi connectivity index (χ4v) is 2.84. The fraction of sp³-hybridized carbons (Fsp3) is 0.368. The zero-order valence-corrected chi connectivity index (χ0v) is 13.2. The van der Waals surface area contributed by atoms with Gasteiger partial charge >= 0.3 is 0 Å². The highest BCUT2D eigenvalue weighted by molar-refractivity contribution is 5.72. The molecule has 0 aromatic heterocycles. The zero-order valence-electron chi connectivity index (χ0n) is 13.2. The Balaban J connectivity index is 2.67. The Bertz CT molecular complexity index is 606. The molecule has 0 saturated heterocycles. The summed E-state index contributed by atoms with van der Waals surface area (Å²) in [5.74, 6) is -0.174. The number of aryl methyl sites for hydroxylation is 3. The molecule has 2 aromatic rings. The molecule has 0 heterocycles. The lowest BCUT2D eigenvalue weighted by Gasteiger charge is -2.17. The average Bonchev–Trinajstić information content (AvgIpc) is 2.53. The second-order valence-corrected chi connectivity index (χ2v) is 5.37. The molecule has 0 radical (unpaired) electrons. The summed E-state index contributed by atoms with van der Waals surface area (Å²) in [5.41, 5.74) is 12.0. The van der Waals surface area contributed by atoms with Crippen LogP contribution in [0.1, 0.15) is 43.0 Å². The summed E-state index contributed by atoms with van der Waals surface area (Å²) in [4.78, 5) is 0. The first-order chi connectivity index (χ1) is 10.1. The van der Waals surface area contributed by atoms with Crippen LogP contribution < -0.4 is 5.73 Å². The van der Waals surface area contributed by atoms with Gasteiger partial charge in [-0.1, -0.05) is 45.0 Å². The van der Waals surface area contributed by atoms with Crippen LogP contribution in [-0.4, -0.2) is 0 Å².